The van der Waals surface area contributed by atoms with Gasteiger partial charge in [-0.05, 0) is 56.8 Å². The highest BCUT2D eigenvalue weighted by atomic mass is 16.2. The summed E-state index contributed by atoms with van der Waals surface area (Å²) in [5.41, 5.74) is 0.544. The zero-order chi connectivity index (χ0) is 18.5. The van der Waals surface area contributed by atoms with Crippen LogP contribution in [0, 0.1) is 12.8 Å². The van der Waals surface area contributed by atoms with Gasteiger partial charge in [-0.3, -0.25) is 19.6 Å². The summed E-state index contributed by atoms with van der Waals surface area (Å²) < 4.78 is 3.31. The summed E-state index contributed by atoms with van der Waals surface area (Å²) in [5, 5.41) is 10.2. The first-order chi connectivity index (χ1) is 12.6. The van der Waals surface area contributed by atoms with Crippen LogP contribution in [0.25, 0.3) is 0 Å². The zero-order valence-corrected chi connectivity index (χ0v) is 15.4. The summed E-state index contributed by atoms with van der Waals surface area (Å²) in [6, 6.07) is 1.82. The number of nitrogens with one attached hydrogen (secondary N) is 2. The van der Waals surface area contributed by atoms with Crippen LogP contribution in [0.4, 0.5) is 5.95 Å². The minimum atomic E-state index is -0.460. The van der Waals surface area contributed by atoms with Gasteiger partial charge in [0.2, 0.25) is 5.95 Å². The lowest BCUT2D eigenvalue weighted by Gasteiger charge is -2.23. The SMILES string of the molecule is CCCn1cnc(NC(=O)c2c(C)ccn(CC3CCCNC3)c2=O)n1. The van der Waals surface area contributed by atoms with Crippen molar-refractivity contribution in [2.24, 2.45) is 5.92 Å². The molecule has 2 N–H and O–H groups in total. The maximum Gasteiger partial charge on any atom is 0.263 e. The normalized spacial score (nSPS) is 17.2. The molecule has 3 rings (SSSR count). The minimum Gasteiger partial charge on any atom is -0.316 e. The Morgan fingerprint density at radius 2 is 2.31 bits per heavy atom. The molecule has 2 aromatic heterocycles. The van der Waals surface area contributed by atoms with E-state index >= 15 is 0 Å². The second-order valence-electron chi connectivity index (χ2n) is 6.83. The third-order valence-corrected chi connectivity index (χ3v) is 4.67. The Bertz CT molecular complexity index is 819. The van der Waals surface area contributed by atoms with E-state index in [0.717, 1.165) is 38.9 Å². The van der Waals surface area contributed by atoms with Gasteiger partial charge in [0.05, 0.1) is 0 Å². The average Bonchev–Trinajstić information content (AvgIpc) is 3.06. The predicted octanol–water partition coefficient (Wildman–Crippen LogP) is 1.41. The number of nitrogens with zero attached hydrogens (tertiary/aromatic N) is 4. The maximum absolute atomic E-state index is 12.8. The van der Waals surface area contributed by atoms with Gasteiger partial charge in [0.25, 0.3) is 11.5 Å². The van der Waals surface area contributed by atoms with Crippen molar-refractivity contribution in [3.05, 3.63) is 40.1 Å². The van der Waals surface area contributed by atoms with E-state index in [-0.39, 0.29) is 17.1 Å². The number of hydrogen-bond donors (Lipinski definition) is 2. The Morgan fingerprint density at radius 1 is 1.46 bits per heavy atom. The quantitative estimate of drug-likeness (QED) is 0.814. The zero-order valence-electron chi connectivity index (χ0n) is 15.4. The van der Waals surface area contributed by atoms with Crippen LogP contribution < -0.4 is 16.2 Å². The highest BCUT2D eigenvalue weighted by Crippen LogP contribution is 2.13. The van der Waals surface area contributed by atoms with Gasteiger partial charge in [-0.1, -0.05) is 6.92 Å². The molecule has 1 amide bonds. The molecule has 1 aliphatic rings. The Hall–Kier alpha value is -2.48. The van der Waals surface area contributed by atoms with E-state index < -0.39 is 5.91 Å². The van der Waals surface area contributed by atoms with E-state index in [1.807, 2.05) is 13.0 Å². The first-order valence-electron chi connectivity index (χ1n) is 9.20. The monoisotopic (exact) mass is 358 g/mol. The molecule has 1 atom stereocenters. The molecule has 0 aliphatic carbocycles. The molecule has 2 aromatic rings. The number of carbonyl (C=O) groups is 1. The second-order valence-corrected chi connectivity index (χ2v) is 6.83. The summed E-state index contributed by atoms with van der Waals surface area (Å²) in [6.07, 6.45) is 6.48. The molecule has 0 saturated carbocycles. The molecular formula is C18H26N6O2. The van der Waals surface area contributed by atoms with Gasteiger partial charge in [0.1, 0.15) is 11.9 Å². The van der Waals surface area contributed by atoms with Crippen LogP contribution in [0.15, 0.2) is 23.4 Å². The van der Waals surface area contributed by atoms with E-state index in [9.17, 15) is 9.59 Å². The molecule has 0 bridgehead atoms. The standard InChI is InChI=1S/C18H26N6O2/c1-3-8-24-12-20-18(22-24)21-16(25)15-13(2)6-9-23(17(15)26)11-14-5-4-7-19-10-14/h6,9,12,14,19H,3-5,7-8,10-11H2,1-2H3,(H,21,22,25). The van der Waals surface area contributed by atoms with Crippen LogP contribution in [-0.4, -0.2) is 38.3 Å². The maximum atomic E-state index is 12.8. The van der Waals surface area contributed by atoms with Gasteiger partial charge < -0.3 is 9.88 Å². The highest BCUT2D eigenvalue weighted by Gasteiger charge is 2.20. The van der Waals surface area contributed by atoms with Gasteiger partial charge >= 0.3 is 0 Å². The Labute approximate surface area is 152 Å². The molecule has 1 fully saturated rings. The number of rotatable bonds is 6. The third kappa shape index (κ3) is 4.19. The number of carbonyl (C=O) groups excluding carboxylic acids is 1. The number of piperidine rings is 1. The van der Waals surface area contributed by atoms with Crippen molar-refractivity contribution in [1.29, 1.82) is 0 Å². The molecule has 8 nitrogen and oxygen atoms in total. The first-order valence-corrected chi connectivity index (χ1v) is 9.20. The molecular weight excluding hydrogens is 332 g/mol. The Balaban J connectivity index is 1.77. The molecule has 1 aliphatic heterocycles. The van der Waals surface area contributed by atoms with Crippen LogP contribution in [0.1, 0.15) is 42.1 Å². The molecule has 140 valence electrons. The Kier molecular flexibility index (Phi) is 5.82. The third-order valence-electron chi connectivity index (χ3n) is 4.67. The van der Waals surface area contributed by atoms with Crippen molar-refractivity contribution in [2.45, 2.75) is 46.2 Å². The number of aromatic nitrogens is 4. The summed E-state index contributed by atoms with van der Waals surface area (Å²) in [4.78, 5) is 29.6. The fourth-order valence-electron chi connectivity index (χ4n) is 3.30. The van der Waals surface area contributed by atoms with Crippen molar-refractivity contribution in [2.75, 3.05) is 18.4 Å². The van der Waals surface area contributed by atoms with E-state index in [1.54, 1.807) is 28.7 Å². The van der Waals surface area contributed by atoms with E-state index in [2.05, 4.69) is 20.7 Å². The lowest BCUT2D eigenvalue weighted by molar-refractivity contribution is 0.102. The van der Waals surface area contributed by atoms with E-state index in [1.165, 1.54) is 0 Å². The van der Waals surface area contributed by atoms with Gasteiger partial charge in [-0.25, -0.2) is 4.98 Å². The number of aryl methyl sites for hydroxylation is 2. The van der Waals surface area contributed by atoms with Crippen molar-refractivity contribution >= 4 is 11.9 Å². The first kappa shape index (κ1) is 18.3. The van der Waals surface area contributed by atoms with Gasteiger partial charge in [0, 0.05) is 19.3 Å². The molecule has 1 saturated heterocycles. The average molecular weight is 358 g/mol. The molecule has 0 radical (unpaired) electrons. The smallest absolute Gasteiger partial charge is 0.263 e. The molecule has 0 aromatic carbocycles. The fourth-order valence-corrected chi connectivity index (χ4v) is 3.30. The summed E-state index contributed by atoms with van der Waals surface area (Å²) >= 11 is 0. The van der Waals surface area contributed by atoms with Crippen molar-refractivity contribution in [3.8, 4) is 0 Å². The molecule has 1 unspecified atom stereocenters. The van der Waals surface area contributed by atoms with Crippen LogP contribution in [-0.2, 0) is 13.1 Å². The van der Waals surface area contributed by atoms with Gasteiger partial charge in [-0.15, -0.1) is 5.10 Å². The van der Waals surface area contributed by atoms with E-state index in [0.29, 0.717) is 18.0 Å². The van der Waals surface area contributed by atoms with Crippen molar-refractivity contribution in [1.82, 2.24) is 24.6 Å². The molecule has 26 heavy (non-hydrogen) atoms. The fraction of sp³-hybridized carbons (Fsp3) is 0.556. The Morgan fingerprint density at radius 3 is 3.04 bits per heavy atom. The van der Waals surface area contributed by atoms with Crippen molar-refractivity contribution < 1.29 is 4.79 Å². The highest BCUT2D eigenvalue weighted by molar-refractivity contribution is 6.04. The summed E-state index contributed by atoms with van der Waals surface area (Å²) in [7, 11) is 0. The number of pyridine rings is 1. The van der Waals surface area contributed by atoms with Crippen molar-refractivity contribution in [3.63, 3.8) is 0 Å². The van der Waals surface area contributed by atoms with Crippen LogP contribution in [0.2, 0.25) is 0 Å². The molecule has 3 heterocycles. The van der Waals surface area contributed by atoms with Crippen LogP contribution >= 0.6 is 0 Å². The molecule has 8 heteroatoms. The van der Waals surface area contributed by atoms with Crippen LogP contribution in [0.3, 0.4) is 0 Å². The van der Waals surface area contributed by atoms with E-state index in [4.69, 9.17) is 0 Å². The lowest BCUT2D eigenvalue weighted by Crippen LogP contribution is -2.36. The number of amides is 1. The molecule has 0 spiro atoms. The number of hydrogen-bond acceptors (Lipinski definition) is 5. The van der Waals surface area contributed by atoms with Crippen LogP contribution in [0.5, 0.6) is 0 Å². The summed E-state index contributed by atoms with van der Waals surface area (Å²) in [6.45, 7) is 7.10. The van der Waals surface area contributed by atoms with Gasteiger partial charge in [-0.2, -0.15) is 0 Å². The lowest BCUT2D eigenvalue weighted by atomic mass is 9.99. The second kappa shape index (κ2) is 8.27. The summed E-state index contributed by atoms with van der Waals surface area (Å²) in [5.74, 6) is 0.165. The topological polar surface area (TPSA) is 93.8 Å². The van der Waals surface area contributed by atoms with Gasteiger partial charge in [0.15, 0.2) is 0 Å². The largest absolute Gasteiger partial charge is 0.316 e. The predicted molar refractivity (Wildman–Crippen MR) is 99.3 cm³/mol. The minimum absolute atomic E-state index is 0.156. The number of anilines is 1.